The molecule has 0 saturated carbocycles. The number of benzene rings is 2. The van der Waals surface area contributed by atoms with Gasteiger partial charge in [-0.3, -0.25) is 14.9 Å². The molecule has 1 atom stereocenters. The third-order valence-electron chi connectivity index (χ3n) is 4.71. The standard InChI is InChI=1S/C23H26N4O3S/c1-14(2)20(24-19(28)13-16-8-10-18(30-4)11-9-16)21(29)25-23-27-26-22(31-23)17-7-5-6-15(3)12-17/h5-12,14,20H,13H2,1-4H3,(H,24,28)(H,25,27,29). The van der Waals surface area contributed by atoms with Crippen LogP contribution in [0.5, 0.6) is 5.75 Å². The van der Waals surface area contributed by atoms with E-state index < -0.39 is 6.04 Å². The normalized spacial score (nSPS) is 11.8. The highest BCUT2D eigenvalue weighted by molar-refractivity contribution is 7.18. The molecule has 0 saturated heterocycles. The van der Waals surface area contributed by atoms with Crippen LogP contribution in [0.4, 0.5) is 5.13 Å². The van der Waals surface area contributed by atoms with Crippen molar-refractivity contribution < 1.29 is 14.3 Å². The Bertz CT molecular complexity index is 1050. The number of ether oxygens (including phenoxy) is 1. The first kappa shape index (κ1) is 22.4. The highest BCUT2D eigenvalue weighted by atomic mass is 32.1. The summed E-state index contributed by atoms with van der Waals surface area (Å²) in [6.45, 7) is 5.78. The van der Waals surface area contributed by atoms with Crippen LogP contribution in [-0.4, -0.2) is 35.2 Å². The van der Waals surface area contributed by atoms with Gasteiger partial charge in [-0.1, -0.05) is 61.1 Å². The van der Waals surface area contributed by atoms with Gasteiger partial charge in [0.15, 0.2) is 0 Å². The first-order chi connectivity index (χ1) is 14.9. The summed E-state index contributed by atoms with van der Waals surface area (Å²) in [5.41, 5.74) is 2.91. The number of rotatable bonds is 8. The Morgan fingerprint density at radius 2 is 1.84 bits per heavy atom. The fraction of sp³-hybridized carbons (Fsp3) is 0.304. The molecule has 0 aliphatic rings. The average molecular weight is 439 g/mol. The maximum absolute atomic E-state index is 12.8. The van der Waals surface area contributed by atoms with Crippen molar-refractivity contribution in [3.05, 3.63) is 59.7 Å². The minimum atomic E-state index is -0.683. The molecule has 1 aromatic heterocycles. The van der Waals surface area contributed by atoms with Crippen molar-refractivity contribution in [2.75, 3.05) is 12.4 Å². The quantitative estimate of drug-likeness (QED) is 0.557. The predicted octanol–water partition coefficient (Wildman–Crippen LogP) is 3.84. The zero-order chi connectivity index (χ0) is 22.4. The van der Waals surface area contributed by atoms with Crippen molar-refractivity contribution in [3.8, 4) is 16.3 Å². The predicted molar refractivity (Wildman–Crippen MR) is 122 cm³/mol. The SMILES string of the molecule is COc1ccc(CC(=O)NC(C(=O)Nc2nnc(-c3cccc(C)c3)s2)C(C)C)cc1. The number of aromatic nitrogens is 2. The summed E-state index contributed by atoms with van der Waals surface area (Å²) < 4.78 is 5.13. The topological polar surface area (TPSA) is 93.2 Å². The number of hydrogen-bond donors (Lipinski definition) is 2. The molecule has 0 bridgehead atoms. The van der Waals surface area contributed by atoms with Gasteiger partial charge < -0.3 is 10.1 Å². The lowest BCUT2D eigenvalue weighted by Crippen LogP contribution is -2.47. The van der Waals surface area contributed by atoms with E-state index in [1.807, 2.05) is 57.2 Å². The molecule has 0 aliphatic carbocycles. The molecule has 1 heterocycles. The Labute approximate surface area is 185 Å². The molecule has 0 aliphatic heterocycles. The number of hydrogen-bond acceptors (Lipinski definition) is 6. The molecular formula is C23H26N4O3S. The van der Waals surface area contributed by atoms with Crippen molar-refractivity contribution >= 4 is 28.3 Å². The van der Waals surface area contributed by atoms with E-state index in [2.05, 4.69) is 20.8 Å². The van der Waals surface area contributed by atoms with Gasteiger partial charge in [-0.15, -0.1) is 10.2 Å². The van der Waals surface area contributed by atoms with Gasteiger partial charge in [0.05, 0.1) is 13.5 Å². The molecule has 0 fully saturated rings. The Morgan fingerprint density at radius 1 is 1.10 bits per heavy atom. The lowest BCUT2D eigenvalue weighted by molar-refractivity contribution is -0.127. The lowest BCUT2D eigenvalue weighted by atomic mass is 10.0. The van der Waals surface area contributed by atoms with Crippen molar-refractivity contribution in [3.63, 3.8) is 0 Å². The summed E-state index contributed by atoms with van der Waals surface area (Å²) in [5.74, 6) is 0.0939. The summed E-state index contributed by atoms with van der Waals surface area (Å²) in [5, 5.41) is 15.0. The third kappa shape index (κ3) is 6.11. The first-order valence-electron chi connectivity index (χ1n) is 9.99. The van der Waals surface area contributed by atoms with Gasteiger partial charge in [0, 0.05) is 5.56 Å². The average Bonchev–Trinajstić information content (AvgIpc) is 3.21. The highest BCUT2D eigenvalue weighted by Gasteiger charge is 2.25. The molecule has 8 heteroatoms. The van der Waals surface area contributed by atoms with Crippen LogP contribution in [0.2, 0.25) is 0 Å². The zero-order valence-electron chi connectivity index (χ0n) is 18.0. The number of methoxy groups -OCH3 is 1. The molecule has 2 aromatic carbocycles. The summed E-state index contributed by atoms with van der Waals surface area (Å²) in [6, 6.07) is 14.5. The second kappa shape index (κ2) is 10.2. The molecule has 31 heavy (non-hydrogen) atoms. The van der Waals surface area contributed by atoms with Gasteiger partial charge in [-0.25, -0.2) is 0 Å². The zero-order valence-corrected chi connectivity index (χ0v) is 18.8. The van der Waals surface area contributed by atoms with Crippen LogP contribution in [0.3, 0.4) is 0 Å². The Balaban J connectivity index is 1.63. The van der Waals surface area contributed by atoms with E-state index in [9.17, 15) is 9.59 Å². The maximum atomic E-state index is 12.8. The minimum absolute atomic E-state index is 0.0935. The Morgan fingerprint density at radius 3 is 2.48 bits per heavy atom. The number of carbonyl (C=O) groups excluding carboxylic acids is 2. The first-order valence-corrected chi connectivity index (χ1v) is 10.8. The largest absolute Gasteiger partial charge is 0.497 e. The summed E-state index contributed by atoms with van der Waals surface area (Å²) in [4.78, 5) is 25.3. The van der Waals surface area contributed by atoms with E-state index in [1.54, 1.807) is 19.2 Å². The van der Waals surface area contributed by atoms with E-state index in [0.717, 1.165) is 27.4 Å². The Hall–Kier alpha value is -3.26. The molecule has 3 aromatic rings. The van der Waals surface area contributed by atoms with E-state index in [0.29, 0.717) is 5.13 Å². The van der Waals surface area contributed by atoms with Crippen LogP contribution in [0.25, 0.3) is 10.6 Å². The lowest BCUT2D eigenvalue weighted by Gasteiger charge is -2.21. The van der Waals surface area contributed by atoms with E-state index in [1.165, 1.54) is 11.3 Å². The summed E-state index contributed by atoms with van der Waals surface area (Å²) in [6.07, 6.45) is 0.177. The second-order valence-electron chi connectivity index (χ2n) is 7.59. The van der Waals surface area contributed by atoms with Crippen LogP contribution in [0.15, 0.2) is 48.5 Å². The number of nitrogens with zero attached hydrogens (tertiary/aromatic N) is 2. The third-order valence-corrected chi connectivity index (χ3v) is 5.60. The molecule has 3 rings (SSSR count). The smallest absolute Gasteiger partial charge is 0.249 e. The monoisotopic (exact) mass is 438 g/mol. The fourth-order valence-corrected chi connectivity index (χ4v) is 3.78. The van der Waals surface area contributed by atoms with Crippen molar-refractivity contribution in [1.29, 1.82) is 0 Å². The number of anilines is 1. The minimum Gasteiger partial charge on any atom is -0.497 e. The number of carbonyl (C=O) groups is 2. The van der Waals surface area contributed by atoms with Gasteiger partial charge in [0.1, 0.15) is 16.8 Å². The van der Waals surface area contributed by atoms with Gasteiger partial charge in [0.25, 0.3) is 0 Å². The number of nitrogens with one attached hydrogen (secondary N) is 2. The molecular weight excluding hydrogens is 412 g/mol. The number of amides is 2. The highest BCUT2D eigenvalue weighted by Crippen LogP contribution is 2.27. The summed E-state index contributed by atoms with van der Waals surface area (Å²) >= 11 is 1.30. The molecule has 0 spiro atoms. The number of aryl methyl sites for hydroxylation is 1. The van der Waals surface area contributed by atoms with Gasteiger partial charge in [0.2, 0.25) is 16.9 Å². The molecule has 0 radical (unpaired) electrons. The van der Waals surface area contributed by atoms with Crippen molar-refractivity contribution in [2.24, 2.45) is 5.92 Å². The van der Waals surface area contributed by atoms with E-state index in [-0.39, 0.29) is 24.2 Å². The molecule has 2 amide bonds. The van der Waals surface area contributed by atoms with Crippen LogP contribution < -0.4 is 15.4 Å². The van der Waals surface area contributed by atoms with Crippen LogP contribution in [0.1, 0.15) is 25.0 Å². The maximum Gasteiger partial charge on any atom is 0.249 e. The van der Waals surface area contributed by atoms with Gasteiger partial charge >= 0.3 is 0 Å². The van der Waals surface area contributed by atoms with Crippen molar-refractivity contribution in [2.45, 2.75) is 33.2 Å². The van der Waals surface area contributed by atoms with Gasteiger partial charge in [-0.05, 0) is 36.6 Å². The second-order valence-corrected chi connectivity index (χ2v) is 8.56. The van der Waals surface area contributed by atoms with Crippen LogP contribution in [0, 0.1) is 12.8 Å². The van der Waals surface area contributed by atoms with Gasteiger partial charge in [-0.2, -0.15) is 0 Å². The summed E-state index contributed by atoms with van der Waals surface area (Å²) in [7, 11) is 1.59. The molecule has 7 nitrogen and oxygen atoms in total. The molecule has 2 N–H and O–H groups in total. The fourth-order valence-electron chi connectivity index (χ4n) is 3.04. The van der Waals surface area contributed by atoms with Crippen LogP contribution in [-0.2, 0) is 16.0 Å². The van der Waals surface area contributed by atoms with E-state index >= 15 is 0 Å². The van der Waals surface area contributed by atoms with Crippen LogP contribution >= 0.6 is 11.3 Å². The molecule has 162 valence electrons. The Kier molecular flexibility index (Phi) is 7.36. The molecule has 1 unspecified atom stereocenters. The van der Waals surface area contributed by atoms with Crippen molar-refractivity contribution in [1.82, 2.24) is 15.5 Å². The van der Waals surface area contributed by atoms with E-state index in [4.69, 9.17) is 4.74 Å².